The number of aliphatic hydroxyl groups is 1. The molecule has 2 fully saturated rings. The Morgan fingerprint density at radius 1 is 1.31 bits per heavy atom. The molecule has 1 aliphatic carbocycles. The third-order valence-electron chi connectivity index (χ3n) is 5.74. The zero-order valence-corrected chi connectivity index (χ0v) is 19.9. The van der Waals surface area contributed by atoms with Crippen LogP contribution in [-0.4, -0.2) is 54.1 Å². The van der Waals surface area contributed by atoms with E-state index in [9.17, 15) is 9.90 Å². The lowest BCUT2D eigenvalue weighted by atomic mass is 10.1. The zero-order valence-electron chi connectivity index (χ0n) is 17.6. The van der Waals surface area contributed by atoms with Gasteiger partial charge in [0.2, 0.25) is 5.91 Å². The van der Waals surface area contributed by atoms with Gasteiger partial charge in [0.05, 0.1) is 12.6 Å². The van der Waals surface area contributed by atoms with Crippen molar-refractivity contribution in [1.82, 2.24) is 15.5 Å². The van der Waals surface area contributed by atoms with E-state index in [2.05, 4.69) is 15.6 Å². The molecule has 0 aromatic heterocycles. The van der Waals surface area contributed by atoms with Crippen molar-refractivity contribution >= 4 is 35.8 Å². The van der Waals surface area contributed by atoms with Crippen molar-refractivity contribution in [2.45, 2.75) is 58.1 Å². The summed E-state index contributed by atoms with van der Waals surface area (Å²) in [4.78, 5) is 19.2. The maximum absolute atomic E-state index is 12.6. The summed E-state index contributed by atoms with van der Waals surface area (Å²) < 4.78 is 0. The van der Waals surface area contributed by atoms with Gasteiger partial charge in [-0.1, -0.05) is 42.7 Å². The summed E-state index contributed by atoms with van der Waals surface area (Å²) in [5.74, 6) is 1.28. The second-order valence-corrected chi connectivity index (χ2v) is 8.05. The lowest BCUT2D eigenvalue weighted by molar-refractivity contribution is -0.134. The molecule has 0 radical (unpaired) electrons. The number of aliphatic imine (C=N–C) groups is 1. The Balaban J connectivity index is 0.00000300. The molecule has 1 heterocycles. The average molecular weight is 514 g/mol. The van der Waals surface area contributed by atoms with Crippen LogP contribution in [0.4, 0.5) is 0 Å². The molecule has 6 nitrogen and oxygen atoms in total. The first-order valence-corrected chi connectivity index (χ1v) is 10.6. The van der Waals surface area contributed by atoms with Crippen LogP contribution in [0.5, 0.6) is 0 Å². The minimum absolute atomic E-state index is 0. The third-order valence-corrected chi connectivity index (χ3v) is 5.74. The van der Waals surface area contributed by atoms with Gasteiger partial charge in [0, 0.05) is 31.6 Å². The Kier molecular flexibility index (Phi) is 9.68. The molecule has 1 saturated heterocycles. The average Bonchev–Trinajstić information content (AvgIpc) is 3.38. The monoisotopic (exact) mass is 514 g/mol. The number of carbonyl (C=O) groups excluding carboxylic acids is 1. The largest absolute Gasteiger partial charge is 0.386 e. The SMILES string of the molecule is CCNC(=NCC(O)c1cccc(C)c1)NC1CCN(C(=O)C2CCCC2)C1.I. The molecule has 1 saturated carbocycles. The van der Waals surface area contributed by atoms with Crippen LogP contribution in [0.2, 0.25) is 0 Å². The second kappa shape index (κ2) is 11.7. The zero-order chi connectivity index (χ0) is 19.9. The number of rotatable bonds is 6. The van der Waals surface area contributed by atoms with Crippen LogP contribution in [0.3, 0.4) is 0 Å². The van der Waals surface area contributed by atoms with E-state index in [4.69, 9.17) is 0 Å². The van der Waals surface area contributed by atoms with Crippen molar-refractivity contribution in [2.24, 2.45) is 10.9 Å². The van der Waals surface area contributed by atoms with Crippen molar-refractivity contribution in [3.05, 3.63) is 35.4 Å². The predicted molar refractivity (Wildman–Crippen MR) is 128 cm³/mol. The summed E-state index contributed by atoms with van der Waals surface area (Å²) in [6.07, 6.45) is 4.78. The van der Waals surface area contributed by atoms with Crippen molar-refractivity contribution in [3.8, 4) is 0 Å². The number of hydrogen-bond donors (Lipinski definition) is 3. The minimum atomic E-state index is -0.626. The molecular weight excluding hydrogens is 479 g/mol. The number of nitrogens with zero attached hydrogens (tertiary/aromatic N) is 2. The van der Waals surface area contributed by atoms with Gasteiger partial charge in [-0.05, 0) is 38.7 Å². The quantitative estimate of drug-likeness (QED) is 0.310. The van der Waals surface area contributed by atoms with E-state index in [1.807, 2.05) is 43.0 Å². The lowest BCUT2D eigenvalue weighted by Gasteiger charge is -2.21. The van der Waals surface area contributed by atoms with Crippen LogP contribution in [-0.2, 0) is 4.79 Å². The number of likely N-dealkylation sites (tertiary alicyclic amines) is 1. The highest BCUT2D eigenvalue weighted by Crippen LogP contribution is 2.27. The number of benzene rings is 1. The highest BCUT2D eigenvalue weighted by atomic mass is 127. The Labute approximate surface area is 191 Å². The fraction of sp³-hybridized carbons (Fsp3) is 0.636. The number of hydrogen-bond acceptors (Lipinski definition) is 3. The van der Waals surface area contributed by atoms with E-state index >= 15 is 0 Å². The molecule has 29 heavy (non-hydrogen) atoms. The lowest BCUT2D eigenvalue weighted by Crippen LogP contribution is -2.45. The molecule has 1 amide bonds. The maximum Gasteiger partial charge on any atom is 0.225 e. The Morgan fingerprint density at radius 3 is 2.76 bits per heavy atom. The van der Waals surface area contributed by atoms with E-state index < -0.39 is 6.10 Å². The molecule has 1 aromatic rings. The van der Waals surface area contributed by atoms with Crippen molar-refractivity contribution in [3.63, 3.8) is 0 Å². The molecule has 0 bridgehead atoms. The Morgan fingerprint density at radius 2 is 2.07 bits per heavy atom. The number of guanidine groups is 1. The fourth-order valence-corrected chi connectivity index (χ4v) is 4.18. The Hall–Kier alpha value is -1.35. The van der Waals surface area contributed by atoms with Gasteiger partial charge in [0.1, 0.15) is 0 Å². The molecule has 2 aliphatic rings. The minimum Gasteiger partial charge on any atom is -0.386 e. The number of halogens is 1. The number of aliphatic hydroxyl groups excluding tert-OH is 1. The van der Waals surface area contributed by atoms with Gasteiger partial charge in [-0.25, -0.2) is 0 Å². The normalized spacial score (nSPS) is 21.0. The van der Waals surface area contributed by atoms with E-state index in [0.29, 0.717) is 18.4 Å². The van der Waals surface area contributed by atoms with Crippen molar-refractivity contribution < 1.29 is 9.90 Å². The smallest absolute Gasteiger partial charge is 0.225 e. The summed E-state index contributed by atoms with van der Waals surface area (Å²) in [6, 6.07) is 8.10. The first-order chi connectivity index (χ1) is 13.6. The van der Waals surface area contributed by atoms with Crippen LogP contribution in [0.25, 0.3) is 0 Å². The molecule has 7 heteroatoms. The molecule has 2 atom stereocenters. The van der Waals surface area contributed by atoms with E-state index in [1.165, 1.54) is 12.8 Å². The molecule has 162 valence electrons. The van der Waals surface area contributed by atoms with Crippen LogP contribution in [0, 0.1) is 12.8 Å². The molecule has 1 aromatic carbocycles. The van der Waals surface area contributed by atoms with Crippen molar-refractivity contribution in [2.75, 3.05) is 26.2 Å². The molecule has 3 rings (SSSR count). The highest BCUT2D eigenvalue weighted by molar-refractivity contribution is 14.0. The van der Waals surface area contributed by atoms with Gasteiger partial charge in [0.15, 0.2) is 5.96 Å². The van der Waals surface area contributed by atoms with Crippen LogP contribution >= 0.6 is 24.0 Å². The second-order valence-electron chi connectivity index (χ2n) is 8.05. The third kappa shape index (κ3) is 6.84. The highest BCUT2D eigenvalue weighted by Gasteiger charge is 2.32. The maximum atomic E-state index is 12.6. The summed E-state index contributed by atoms with van der Waals surface area (Å²) >= 11 is 0. The van der Waals surface area contributed by atoms with E-state index in [0.717, 1.165) is 50.0 Å². The first kappa shape index (κ1) is 23.9. The first-order valence-electron chi connectivity index (χ1n) is 10.6. The standard InChI is InChI=1S/C22H34N4O2.HI/c1-3-23-22(24-14-20(27)18-10-6-7-16(2)13-18)25-19-11-12-26(15-19)21(28)17-8-4-5-9-17;/h6-7,10,13,17,19-20,27H,3-5,8-9,11-12,14-15H2,1-2H3,(H2,23,24,25);1H. The number of amides is 1. The van der Waals surface area contributed by atoms with Crippen LogP contribution in [0.15, 0.2) is 29.3 Å². The van der Waals surface area contributed by atoms with Gasteiger partial charge in [0.25, 0.3) is 0 Å². The molecule has 3 N–H and O–H groups in total. The summed E-state index contributed by atoms with van der Waals surface area (Å²) in [6.45, 7) is 6.65. The van der Waals surface area contributed by atoms with E-state index in [-0.39, 0.29) is 35.9 Å². The molecule has 0 spiro atoms. The van der Waals surface area contributed by atoms with Crippen LogP contribution in [0.1, 0.15) is 56.3 Å². The van der Waals surface area contributed by atoms with Crippen LogP contribution < -0.4 is 10.6 Å². The van der Waals surface area contributed by atoms with E-state index in [1.54, 1.807) is 0 Å². The number of carbonyl (C=O) groups is 1. The molecule has 2 unspecified atom stereocenters. The van der Waals surface area contributed by atoms with Gasteiger partial charge >= 0.3 is 0 Å². The topological polar surface area (TPSA) is 77.0 Å². The van der Waals surface area contributed by atoms with Crippen molar-refractivity contribution in [1.29, 1.82) is 0 Å². The number of nitrogens with one attached hydrogen (secondary N) is 2. The van der Waals surface area contributed by atoms with Gasteiger partial charge in [-0.3, -0.25) is 9.79 Å². The molecular formula is C22H35IN4O2. The summed E-state index contributed by atoms with van der Waals surface area (Å²) in [5.41, 5.74) is 2.01. The summed E-state index contributed by atoms with van der Waals surface area (Å²) in [7, 11) is 0. The van der Waals surface area contributed by atoms with Gasteiger partial charge in [-0.15, -0.1) is 24.0 Å². The van der Waals surface area contributed by atoms with Gasteiger partial charge < -0.3 is 20.6 Å². The number of aryl methyl sites for hydroxylation is 1. The predicted octanol–water partition coefficient (Wildman–Crippen LogP) is 2.99. The summed E-state index contributed by atoms with van der Waals surface area (Å²) in [5, 5.41) is 17.1. The fourth-order valence-electron chi connectivity index (χ4n) is 4.18. The van der Waals surface area contributed by atoms with Gasteiger partial charge in [-0.2, -0.15) is 0 Å². The molecule has 1 aliphatic heterocycles. The Bertz CT molecular complexity index is 691.